The summed E-state index contributed by atoms with van der Waals surface area (Å²) in [6, 6.07) is 8.00. The van der Waals surface area contributed by atoms with Gasteiger partial charge in [0.1, 0.15) is 18.5 Å². The maximum atomic E-state index is 10.7. The molecule has 0 amide bonds. The Hall–Kier alpha value is -1.06. The lowest BCUT2D eigenvalue weighted by Gasteiger charge is -2.37. The van der Waals surface area contributed by atoms with E-state index >= 15 is 0 Å². The summed E-state index contributed by atoms with van der Waals surface area (Å²) < 4.78 is 5.87. The number of fused-ring (bicyclic) bond motifs is 1. The highest BCUT2D eigenvalue weighted by atomic mass is 16.5. The Morgan fingerprint density at radius 3 is 2.95 bits per heavy atom. The fourth-order valence-electron chi connectivity index (χ4n) is 3.85. The summed E-state index contributed by atoms with van der Waals surface area (Å²) in [5.41, 5.74) is 0.947. The van der Waals surface area contributed by atoms with Gasteiger partial charge in [-0.2, -0.15) is 0 Å². The Morgan fingerprint density at radius 2 is 2.10 bits per heavy atom. The van der Waals surface area contributed by atoms with Crippen molar-refractivity contribution in [3.8, 4) is 5.75 Å². The van der Waals surface area contributed by atoms with Crippen molar-refractivity contribution in [3.05, 3.63) is 29.8 Å². The third-order valence-corrected chi connectivity index (χ3v) is 5.06. The van der Waals surface area contributed by atoms with E-state index in [9.17, 15) is 5.11 Å². The van der Waals surface area contributed by atoms with E-state index in [4.69, 9.17) is 4.74 Å². The van der Waals surface area contributed by atoms with Gasteiger partial charge in [0.15, 0.2) is 0 Å². The van der Waals surface area contributed by atoms with Gasteiger partial charge < -0.3 is 9.84 Å². The first-order valence-corrected chi connectivity index (χ1v) is 8.43. The zero-order valence-corrected chi connectivity index (χ0v) is 13.0. The predicted molar refractivity (Wildman–Crippen MR) is 84.5 cm³/mol. The topological polar surface area (TPSA) is 32.7 Å². The number of aliphatic hydroxyl groups is 1. The maximum absolute atomic E-state index is 10.7. The largest absolute Gasteiger partial charge is 0.491 e. The molecular weight excluding hydrogens is 262 g/mol. The van der Waals surface area contributed by atoms with E-state index < -0.39 is 6.10 Å². The molecule has 3 unspecified atom stereocenters. The predicted octanol–water partition coefficient (Wildman–Crippen LogP) is 3.38. The second-order valence-electron chi connectivity index (χ2n) is 6.48. The molecule has 3 nitrogen and oxygen atoms in total. The second kappa shape index (κ2) is 6.80. The molecule has 3 rings (SSSR count). The van der Waals surface area contributed by atoms with Gasteiger partial charge in [0, 0.05) is 5.56 Å². The monoisotopic (exact) mass is 289 g/mol. The van der Waals surface area contributed by atoms with E-state index in [1.807, 2.05) is 24.3 Å². The third-order valence-electron chi connectivity index (χ3n) is 5.06. The van der Waals surface area contributed by atoms with Crippen LogP contribution in [0.1, 0.15) is 50.7 Å². The molecule has 1 saturated heterocycles. The molecule has 1 fully saturated rings. The van der Waals surface area contributed by atoms with Crippen LogP contribution in [-0.2, 0) is 0 Å². The van der Waals surface area contributed by atoms with E-state index in [0.717, 1.165) is 30.3 Å². The quantitative estimate of drug-likeness (QED) is 0.926. The van der Waals surface area contributed by atoms with E-state index in [0.29, 0.717) is 6.61 Å². The average Bonchev–Trinajstić information content (AvgIpc) is 2.74. The standard InChI is InChI=1S/C18H27NO2/c1-2-6-14-7-5-11-19(12-10-14)16-13-21-17-9-4-3-8-15(17)18(16)20/h3-4,8-9,14,16,18,20H,2,5-7,10-13H2,1H3. The molecule has 3 heteroatoms. The molecule has 0 radical (unpaired) electrons. The molecule has 2 aliphatic rings. The summed E-state index contributed by atoms with van der Waals surface area (Å²) in [5, 5.41) is 10.7. The molecule has 2 aliphatic heterocycles. The van der Waals surface area contributed by atoms with Gasteiger partial charge in [-0.3, -0.25) is 4.90 Å². The molecule has 0 spiro atoms. The van der Waals surface area contributed by atoms with Crippen LogP contribution < -0.4 is 4.74 Å². The number of ether oxygens (including phenoxy) is 1. The summed E-state index contributed by atoms with van der Waals surface area (Å²) in [5.74, 6) is 1.72. The van der Waals surface area contributed by atoms with Gasteiger partial charge in [-0.05, 0) is 44.3 Å². The molecular formula is C18H27NO2. The summed E-state index contributed by atoms with van der Waals surface area (Å²) in [4.78, 5) is 2.45. The smallest absolute Gasteiger partial charge is 0.125 e. The van der Waals surface area contributed by atoms with Crippen molar-refractivity contribution in [3.63, 3.8) is 0 Å². The Morgan fingerprint density at radius 1 is 1.24 bits per heavy atom. The minimum atomic E-state index is -0.419. The minimum absolute atomic E-state index is 0.111. The molecule has 0 aliphatic carbocycles. The van der Waals surface area contributed by atoms with Gasteiger partial charge in [0.05, 0.1) is 6.04 Å². The number of nitrogens with zero attached hydrogens (tertiary/aromatic N) is 1. The normalized spacial score (nSPS) is 30.3. The molecule has 1 aromatic rings. The van der Waals surface area contributed by atoms with E-state index in [2.05, 4.69) is 11.8 Å². The van der Waals surface area contributed by atoms with Crippen LogP contribution in [0, 0.1) is 5.92 Å². The lowest BCUT2D eigenvalue weighted by molar-refractivity contribution is 0.00437. The molecule has 21 heavy (non-hydrogen) atoms. The zero-order chi connectivity index (χ0) is 14.7. The Labute approximate surface area is 127 Å². The lowest BCUT2D eigenvalue weighted by Crippen LogP contribution is -2.46. The van der Waals surface area contributed by atoms with Crippen LogP contribution in [0.3, 0.4) is 0 Å². The van der Waals surface area contributed by atoms with Crippen LogP contribution >= 0.6 is 0 Å². The number of benzene rings is 1. The molecule has 0 saturated carbocycles. The number of hydrogen-bond donors (Lipinski definition) is 1. The SMILES string of the molecule is CCCC1CCCN(C2COc3ccccc3C2O)CC1. The van der Waals surface area contributed by atoms with E-state index in [1.54, 1.807) is 0 Å². The van der Waals surface area contributed by atoms with Gasteiger partial charge in [-0.25, -0.2) is 0 Å². The van der Waals surface area contributed by atoms with Crippen LogP contribution in [0.2, 0.25) is 0 Å². The number of aliphatic hydroxyl groups excluding tert-OH is 1. The minimum Gasteiger partial charge on any atom is -0.491 e. The Balaban J connectivity index is 1.67. The van der Waals surface area contributed by atoms with E-state index in [-0.39, 0.29) is 6.04 Å². The number of para-hydroxylation sites is 1. The molecule has 2 heterocycles. The highest BCUT2D eigenvalue weighted by Gasteiger charge is 2.34. The molecule has 0 bridgehead atoms. The van der Waals surface area contributed by atoms with Crippen LogP contribution in [0.4, 0.5) is 0 Å². The van der Waals surface area contributed by atoms with Crippen molar-refractivity contribution in [2.45, 2.75) is 51.2 Å². The van der Waals surface area contributed by atoms with Crippen molar-refractivity contribution in [2.24, 2.45) is 5.92 Å². The van der Waals surface area contributed by atoms with Gasteiger partial charge in [0.2, 0.25) is 0 Å². The van der Waals surface area contributed by atoms with Crippen molar-refractivity contribution < 1.29 is 9.84 Å². The van der Waals surface area contributed by atoms with Crippen LogP contribution in [0.15, 0.2) is 24.3 Å². The van der Waals surface area contributed by atoms with Gasteiger partial charge in [-0.15, -0.1) is 0 Å². The summed E-state index contributed by atoms with van der Waals surface area (Å²) in [6.45, 7) is 5.07. The first-order valence-electron chi connectivity index (χ1n) is 8.43. The highest BCUT2D eigenvalue weighted by molar-refractivity contribution is 5.37. The highest BCUT2D eigenvalue weighted by Crippen LogP contribution is 2.35. The first kappa shape index (κ1) is 14.9. The Kier molecular flexibility index (Phi) is 4.81. The number of hydrogen-bond acceptors (Lipinski definition) is 3. The maximum Gasteiger partial charge on any atom is 0.125 e. The van der Waals surface area contributed by atoms with Crippen LogP contribution in [-0.4, -0.2) is 35.7 Å². The average molecular weight is 289 g/mol. The van der Waals surface area contributed by atoms with Crippen molar-refractivity contribution in [2.75, 3.05) is 19.7 Å². The third kappa shape index (κ3) is 3.24. The van der Waals surface area contributed by atoms with Crippen molar-refractivity contribution in [1.29, 1.82) is 0 Å². The fraction of sp³-hybridized carbons (Fsp3) is 0.667. The van der Waals surface area contributed by atoms with Gasteiger partial charge >= 0.3 is 0 Å². The van der Waals surface area contributed by atoms with Crippen LogP contribution in [0.5, 0.6) is 5.75 Å². The van der Waals surface area contributed by atoms with Crippen molar-refractivity contribution >= 4 is 0 Å². The number of likely N-dealkylation sites (tertiary alicyclic amines) is 1. The lowest BCUT2D eigenvalue weighted by atomic mass is 9.95. The molecule has 1 aromatic carbocycles. The Bertz CT molecular complexity index is 462. The van der Waals surface area contributed by atoms with Crippen molar-refractivity contribution in [1.82, 2.24) is 4.90 Å². The summed E-state index contributed by atoms with van der Waals surface area (Å²) in [6.07, 6.45) is 6.06. The number of rotatable bonds is 3. The second-order valence-corrected chi connectivity index (χ2v) is 6.48. The molecule has 3 atom stereocenters. The first-order chi connectivity index (χ1) is 10.3. The summed E-state index contributed by atoms with van der Waals surface area (Å²) in [7, 11) is 0. The summed E-state index contributed by atoms with van der Waals surface area (Å²) >= 11 is 0. The molecule has 116 valence electrons. The van der Waals surface area contributed by atoms with E-state index in [1.165, 1.54) is 32.1 Å². The zero-order valence-electron chi connectivity index (χ0n) is 13.0. The molecule has 1 N–H and O–H groups in total. The van der Waals surface area contributed by atoms with Gasteiger partial charge in [-0.1, -0.05) is 38.0 Å². The molecule has 0 aromatic heterocycles. The fourth-order valence-corrected chi connectivity index (χ4v) is 3.85. The van der Waals surface area contributed by atoms with Crippen LogP contribution in [0.25, 0.3) is 0 Å². The van der Waals surface area contributed by atoms with Gasteiger partial charge in [0.25, 0.3) is 0 Å².